The van der Waals surface area contributed by atoms with Crippen LogP contribution in [0.1, 0.15) is 5.56 Å². The molecule has 98 valence electrons. The van der Waals surface area contributed by atoms with E-state index in [1.807, 2.05) is 54.6 Å². The standard InChI is InChI=1S/C17H14N2O/c1-2-7-14(8-3-1)13-20-16-10-5-4-9-15(16)17-18-11-6-12-19-17/h1-12H,13H2. The zero-order valence-corrected chi connectivity index (χ0v) is 10.9. The zero-order chi connectivity index (χ0) is 13.6. The first-order valence-electron chi connectivity index (χ1n) is 6.46. The summed E-state index contributed by atoms with van der Waals surface area (Å²) in [5.41, 5.74) is 2.04. The van der Waals surface area contributed by atoms with Crippen LogP contribution in [0.15, 0.2) is 73.1 Å². The highest BCUT2D eigenvalue weighted by atomic mass is 16.5. The van der Waals surface area contributed by atoms with Crippen LogP contribution in [0.3, 0.4) is 0 Å². The van der Waals surface area contributed by atoms with Gasteiger partial charge in [0.2, 0.25) is 0 Å². The Hall–Kier alpha value is -2.68. The summed E-state index contributed by atoms with van der Waals surface area (Å²) in [7, 11) is 0. The first kappa shape index (κ1) is 12.4. The largest absolute Gasteiger partial charge is 0.488 e. The van der Waals surface area contributed by atoms with Crippen molar-refractivity contribution in [3.05, 3.63) is 78.6 Å². The van der Waals surface area contributed by atoms with Gasteiger partial charge in [0.05, 0.1) is 5.56 Å². The van der Waals surface area contributed by atoms with Gasteiger partial charge < -0.3 is 4.74 Å². The monoisotopic (exact) mass is 262 g/mol. The molecular formula is C17H14N2O. The summed E-state index contributed by atoms with van der Waals surface area (Å²) in [5.74, 6) is 1.47. The van der Waals surface area contributed by atoms with Gasteiger partial charge in [-0.1, -0.05) is 42.5 Å². The van der Waals surface area contributed by atoms with E-state index in [2.05, 4.69) is 9.97 Å². The Morgan fingerprint density at radius 1 is 0.750 bits per heavy atom. The Balaban J connectivity index is 1.84. The van der Waals surface area contributed by atoms with E-state index >= 15 is 0 Å². The van der Waals surface area contributed by atoms with Crippen molar-refractivity contribution in [2.24, 2.45) is 0 Å². The van der Waals surface area contributed by atoms with E-state index in [0.717, 1.165) is 16.9 Å². The molecule has 0 aliphatic carbocycles. The Labute approximate surface area is 117 Å². The quantitative estimate of drug-likeness (QED) is 0.718. The van der Waals surface area contributed by atoms with Crippen LogP contribution in [0.25, 0.3) is 11.4 Å². The van der Waals surface area contributed by atoms with Crippen molar-refractivity contribution in [3.63, 3.8) is 0 Å². The van der Waals surface area contributed by atoms with Crippen LogP contribution in [-0.4, -0.2) is 9.97 Å². The average Bonchev–Trinajstić information content (AvgIpc) is 2.55. The molecule has 0 bridgehead atoms. The van der Waals surface area contributed by atoms with Gasteiger partial charge in [0, 0.05) is 12.4 Å². The number of hydrogen-bond acceptors (Lipinski definition) is 3. The van der Waals surface area contributed by atoms with Gasteiger partial charge in [-0.05, 0) is 23.8 Å². The lowest BCUT2D eigenvalue weighted by molar-refractivity contribution is 0.307. The molecule has 0 atom stereocenters. The Kier molecular flexibility index (Phi) is 3.69. The molecule has 3 rings (SSSR count). The van der Waals surface area contributed by atoms with Crippen molar-refractivity contribution in [2.45, 2.75) is 6.61 Å². The number of aromatic nitrogens is 2. The summed E-state index contributed by atoms with van der Waals surface area (Å²) >= 11 is 0. The van der Waals surface area contributed by atoms with Crippen LogP contribution < -0.4 is 4.74 Å². The summed E-state index contributed by atoms with van der Waals surface area (Å²) in [6.45, 7) is 0.532. The third-order valence-electron chi connectivity index (χ3n) is 2.93. The molecule has 3 aromatic rings. The van der Waals surface area contributed by atoms with Crippen molar-refractivity contribution < 1.29 is 4.74 Å². The van der Waals surface area contributed by atoms with E-state index in [4.69, 9.17) is 4.74 Å². The maximum Gasteiger partial charge on any atom is 0.162 e. The molecule has 0 aliphatic heterocycles. The van der Waals surface area contributed by atoms with Crippen LogP contribution >= 0.6 is 0 Å². The molecule has 0 saturated heterocycles. The van der Waals surface area contributed by atoms with E-state index in [1.54, 1.807) is 18.5 Å². The highest BCUT2D eigenvalue weighted by Gasteiger charge is 2.07. The Bertz CT molecular complexity index is 669. The van der Waals surface area contributed by atoms with Crippen molar-refractivity contribution in [1.29, 1.82) is 0 Å². The molecule has 0 unspecified atom stereocenters. The summed E-state index contributed by atoms with van der Waals surface area (Å²) in [5, 5.41) is 0. The minimum atomic E-state index is 0.532. The maximum atomic E-state index is 5.90. The molecule has 0 saturated carbocycles. The fourth-order valence-corrected chi connectivity index (χ4v) is 1.95. The second-order valence-electron chi connectivity index (χ2n) is 4.34. The van der Waals surface area contributed by atoms with E-state index in [1.165, 1.54) is 0 Å². The van der Waals surface area contributed by atoms with Crippen molar-refractivity contribution in [2.75, 3.05) is 0 Å². The first-order chi connectivity index (χ1) is 9.93. The van der Waals surface area contributed by atoms with Gasteiger partial charge in [-0.15, -0.1) is 0 Å². The number of para-hydroxylation sites is 1. The predicted octanol–water partition coefficient (Wildman–Crippen LogP) is 3.72. The third-order valence-corrected chi connectivity index (χ3v) is 2.93. The van der Waals surface area contributed by atoms with Gasteiger partial charge in [0.15, 0.2) is 5.82 Å². The van der Waals surface area contributed by atoms with Gasteiger partial charge in [-0.3, -0.25) is 0 Å². The van der Waals surface area contributed by atoms with Crippen LogP contribution in [0.5, 0.6) is 5.75 Å². The minimum absolute atomic E-state index is 0.532. The maximum absolute atomic E-state index is 5.90. The molecule has 0 amide bonds. The fourth-order valence-electron chi connectivity index (χ4n) is 1.95. The second kappa shape index (κ2) is 5.97. The minimum Gasteiger partial charge on any atom is -0.488 e. The van der Waals surface area contributed by atoms with Crippen LogP contribution in [0.4, 0.5) is 0 Å². The predicted molar refractivity (Wildman–Crippen MR) is 78.2 cm³/mol. The van der Waals surface area contributed by atoms with E-state index < -0.39 is 0 Å². The fraction of sp³-hybridized carbons (Fsp3) is 0.0588. The summed E-state index contributed by atoms with van der Waals surface area (Å²) in [6, 6.07) is 19.7. The highest BCUT2D eigenvalue weighted by molar-refractivity contribution is 5.63. The van der Waals surface area contributed by atoms with Gasteiger partial charge in [-0.2, -0.15) is 0 Å². The van der Waals surface area contributed by atoms with E-state index in [9.17, 15) is 0 Å². The number of ether oxygens (including phenoxy) is 1. The molecule has 0 spiro atoms. The van der Waals surface area contributed by atoms with Crippen LogP contribution in [0, 0.1) is 0 Å². The van der Waals surface area contributed by atoms with E-state index in [-0.39, 0.29) is 0 Å². The SMILES string of the molecule is c1ccc(COc2ccccc2-c2ncccn2)cc1. The third kappa shape index (κ3) is 2.83. The highest BCUT2D eigenvalue weighted by Crippen LogP contribution is 2.27. The summed E-state index contributed by atoms with van der Waals surface area (Å²) in [6.07, 6.45) is 3.46. The lowest BCUT2D eigenvalue weighted by atomic mass is 10.2. The molecule has 1 aromatic heterocycles. The number of benzene rings is 2. The van der Waals surface area contributed by atoms with Crippen molar-refractivity contribution in [3.8, 4) is 17.1 Å². The van der Waals surface area contributed by atoms with Gasteiger partial charge >= 0.3 is 0 Å². The zero-order valence-electron chi connectivity index (χ0n) is 10.9. The Morgan fingerprint density at radius 2 is 1.45 bits per heavy atom. The lowest BCUT2D eigenvalue weighted by Crippen LogP contribution is -1.98. The second-order valence-corrected chi connectivity index (χ2v) is 4.34. The smallest absolute Gasteiger partial charge is 0.162 e. The molecule has 20 heavy (non-hydrogen) atoms. The van der Waals surface area contributed by atoms with E-state index in [0.29, 0.717) is 12.4 Å². The van der Waals surface area contributed by atoms with Crippen molar-refractivity contribution >= 4 is 0 Å². The number of nitrogens with zero attached hydrogens (tertiary/aromatic N) is 2. The van der Waals surface area contributed by atoms with Gasteiger partial charge in [-0.25, -0.2) is 9.97 Å². The molecule has 3 nitrogen and oxygen atoms in total. The molecule has 2 aromatic carbocycles. The molecule has 0 aliphatic rings. The number of rotatable bonds is 4. The molecule has 0 fully saturated rings. The number of hydrogen-bond donors (Lipinski definition) is 0. The van der Waals surface area contributed by atoms with Crippen LogP contribution in [0.2, 0.25) is 0 Å². The summed E-state index contributed by atoms with van der Waals surface area (Å²) in [4.78, 5) is 8.55. The normalized spacial score (nSPS) is 10.2. The summed E-state index contributed by atoms with van der Waals surface area (Å²) < 4.78 is 5.90. The topological polar surface area (TPSA) is 35.0 Å². The Morgan fingerprint density at radius 3 is 2.25 bits per heavy atom. The lowest BCUT2D eigenvalue weighted by Gasteiger charge is -2.10. The average molecular weight is 262 g/mol. The van der Waals surface area contributed by atoms with Gasteiger partial charge in [0.1, 0.15) is 12.4 Å². The van der Waals surface area contributed by atoms with Crippen molar-refractivity contribution in [1.82, 2.24) is 9.97 Å². The molecule has 0 radical (unpaired) electrons. The van der Waals surface area contributed by atoms with Crippen LogP contribution in [-0.2, 0) is 6.61 Å². The molecule has 3 heteroatoms. The van der Waals surface area contributed by atoms with Gasteiger partial charge in [0.25, 0.3) is 0 Å². The first-order valence-corrected chi connectivity index (χ1v) is 6.46. The molecular weight excluding hydrogens is 248 g/mol. The molecule has 1 heterocycles. The molecule has 0 N–H and O–H groups in total.